The molecular formula is C21H31N3O5S. The number of benzene rings is 1. The number of oxazole rings is 1. The van der Waals surface area contributed by atoms with E-state index in [0.29, 0.717) is 37.9 Å². The lowest BCUT2D eigenvalue weighted by atomic mass is 9.94. The Morgan fingerprint density at radius 2 is 1.90 bits per heavy atom. The molecule has 166 valence electrons. The fourth-order valence-electron chi connectivity index (χ4n) is 3.87. The van der Waals surface area contributed by atoms with Crippen LogP contribution < -0.4 is 11.1 Å². The molecule has 1 fully saturated rings. The summed E-state index contributed by atoms with van der Waals surface area (Å²) in [6.45, 7) is 8.48. The van der Waals surface area contributed by atoms with Crippen molar-refractivity contribution in [3.05, 3.63) is 28.7 Å². The maximum Gasteiger partial charge on any atom is 0.420 e. The Morgan fingerprint density at radius 1 is 1.23 bits per heavy atom. The minimum absolute atomic E-state index is 0.0285. The van der Waals surface area contributed by atoms with Crippen molar-refractivity contribution in [3.8, 4) is 0 Å². The molecule has 9 heteroatoms. The second-order valence-electron chi connectivity index (χ2n) is 8.39. The van der Waals surface area contributed by atoms with Crippen molar-refractivity contribution in [2.75, 3.05) is 13.1 Å². The molecule has 0 spiro atoms. The average Bonchev–Trinajstić information content (AvgIpc) is 3.03. The van der Waals surface area contributed by atoms with E-state index in [9.17, 15) is 18.0 Å². The highest BCUT2D eigenvalue weighted by Gasteiger charge is 2.31. The third kappa shape index (κ3) is 4.62. The van der Waals surface area contributed by atoms with Gasteiger partial charge in [0.2, 0.25) is 15.9 Å². The standard InChI is InChI=1S/C21H31N3O5S/c1-5-15(4)22-20(25)12-16-8-10-23(11-9-16)30(27,28)17-6-7-18-19(13-17)29-21(26)24(18)14(2)3/h6-7,13-16H,5,8-12H2,1-4H3,(H,22,25)/t15-/m1/s1. The van der Waals surface area contributed by atoms with Crippen LogP contribution >= 0.6 is 0 Å². The van der Waals surface area contributed by atoms with Gasteiger partial charge in [0.15, 0.2) is 5.58 Å². The molecule has 0 radical (unpaired) electrons. The predicted molar refractivity (Wildman–Crippen MR) is 115 cm³/mol. The van der Waals surface area contributed by atoms with E-state index in [1.165, 1.54) is 21.0 Å². The third-order valence-electron chi connectivity index (χ3n) is 5.81. The van der Waals surface area contributed by atoms with E-state index in [-0.39, 0.29) is 34.4 Å². The van der Waals surface area contributed by atoms with Crippen LogP contribution in [0.1, 0.15) is 59.4 Å². The summed E-state index contributed by atoms with van der Waals surface area (Å²) in [6.07, 6.45) is 2.61. The van der Waals surface area contributed by atoms with Crippen molar-refractivity contribution in [2.45, 2.75) is 70.4 Å². The molecule has 2 aromatic rings. The summed E-state index contributed by atoms with van der Waals surface area (Å²) in [7, 11) is -3.69. The van der Waals surface area contributed by atoms with Crippen molar-refractivity contribution >= 4 is 27.0 Å². The summed E-state index contributed by atoms with van der Waals surface area (Å²) in [5.41, 5.74) is 0.853. The fourth-order valence-corrected chi connectivity index (χ4v) is 5.35. The Hall–Kier alpha value is -2.13. The summed E-state index contributed by atoms with van der Waals surface area (Å²) >= 11 is 0. The number of hydrogen-bond acceptors (Lipinski definition) is 5. The van der Waals surface area contributed by atoms with Gasteiger partial charge in [0.05, 0.1) is 10.4 Å². The van der Waals surface area contributed by atoms with Gasteiger partial charge in [-0.2, -0.15) is 4.31 Å². The second kappa shape index (κ2) is 8.93. The van der Waals surface area contributed by atoms with Crippen molar-refractivity contribution in [2.24, 2.45) is 5.92 Å². The molecule has 0 saturated carbocycles. The van der Waals surface area contributed by atoms with Crippen molar-refractivity contribution in [1.29, 1.82) is 0 Å². The molecule has 1 saturated heterocycles. The number of rotatable bonds is 7. The minimum Gasteiger partial charge on any atom is -0.408 e. The molecule has 2 heterocycles. The lowest BCUT2D eigenvalue weighted by molar-refractivity contribution is -0.122. The van der Waals surface area contributed by atoms with E-state index in [1.54, 1.807) is 6.07 Å². The Kier molecular flexibility index (Phi) is 6.71. The number of amides is 1. The van der Waals surface area contributed by atoms with Gasteiger partial charge in [-0.25, -0.2) is 13.2 Å². The average molecular weight is 438 g/mol. The Balaban J connectivity index is 1.70. The molecular weight excluding hydrogens is 406 g/mol. The summed E-state index contributed by atoms with van der Waals surface area (Å²) in [6, 6.07) is 4.64. The van der Waals surface area contributed by atoms with Gasteiger partial charge in [-0.15, -0.1) is 0 Å². The summed E-state index contributed by atoms with van der Waals surface area (Å²) in [4.78, 5) is 24.3. The van der Waals surface area contributed by atoms with Crippen LogP contribution in [0.5, 0.6) is 0 Å². The van der Waals surface area contributed by atoms with E-state index in [4.69, 9.17) is 4.42 Å². The molecule has 0 unspecified atom stereocenters. The molecule has 1 N–H and O–H groups in total. The van der Waals surface area contributed by atoms with E-state index in [1.807, 2.05) is 27.7 Å². The monoisotopic (exact) mass is 437 g/mol. The smallest absolute Gasteiger partial charge is 0.408 e. The van der Waals surface area contributed by atoms with Crippen molar-refractivity contribution < 1.29 is 17.6 Å². The zero-order valence-electron chi connectivity index (χ0n) is 18.1. The summed E-state index contributed by atoms with van der Waals surface area (Å²) < 4.78 is 34.4. The SMILES string of the molecule is CC[C@@H](C)NC(=O)CC1CCN(S(=O)(=O)c2ccc3c(c2)oc(=O)n3C(C)C)CC1. The number of hydrogen-bond donors (Lipinski definition) is 1. The Labute approximate surface area is 177 Å². The first kappa shape index (κ1) is 22.6. The van der Waals surface area contributed by atoms with Crippen LogP contribution in [0.2, 0.25) is 0 Å². The zero-order chi connectivity index (χ0) is 22.1. The largest absolute Gasteiger partial charge is 0.420 e. The number of carbonyl (C=O) groups excluding carboxylic acids is 1. The fraction of sp³-hybridized carbons (Fsp3) is 0.619. The van der Waals surface area contributed by atoms with Gasteiger partial charge < -0.3 is 9.73 Å². The highest BCUT2D eigenvalue weighted by Crippen LogP contribution is 2.28. The van der Waals surface area contributed by atoms with E-state index >= 15 is 0 Å². The van der Waals surface area contributed by atoms with Crippen LogP contribution in [0.3, 0.4) is 0 Å². The number of sulfonamides is 1. The summed E-state index contributed by atoms with van der Waals surface area (Å²) in [5, 5.41) is 2.97. The lowest BCUT2D eigenvalue weighted by Gasteiger charge is -2.31. The van der Waals surface area contributed by atoms with Gasteiger partial charge in [-0.3, -0.25) is 9.36 Å². The molecule has 1 aromatic heterocycles. The van der Waals surface area contributed by atoms with Crippen LogP contribution in [0.25, 0.3) is 11.1 Å². The second-order valence-corrected chi connectivity index (χ2v) is 10.3. The molecule has 0 aliphatic carbocycles. The van der Waals surface area contributed by atoms with Crippen LogP contribution in [-0.4, -0.2) is 42.3 Å². The summed E-state index contributed by atoms with van der Waals surface area (Å²) in [5.74, 6) is -0.284. The number of aromatic nitrogens is 1. The maximum absolute atomic E-state index is 13.1. The topological polar surface area (TPSA) is 102 Å². The van der Waals surface area contributed by atoms with Gasteiger partial charge in [-0.1, -0.05) is 6.92 Å². The number of carbonyl (C=O) groups is 1. The number of piperidine rings is 1. The van der Waals surface area contributed by atoms with Crippen LogP contribution in [0.4, 0.5) is 0 Å². The molecule has 1 aromatic carbocycles. The van der Waals surface area contributed by atoms with Crippen LogP contribution in [0, 0.1) is 5.92 Å². The molecule has 1 aliphatic rings. The molecule has 1 amide bonds. The van der Waals surface area contributed by atoms with E-state index < -0.39 is 15.8 Å². The zero-order valence-corrected chi connectivity index (χ0v) is 18.9. The molecule has 0 bridgehead atoms. The highest BCUT2D eigenvalue weighted by atomic mass is 32.2. The first-order chi connectivity index (χ1) is 14.1. The van der Waals surface area contributed by atoms with Crippen molar-refractivity contribution in [3.63, 3.8) is 0 Å². The van der Waals surface area contributed by atoms with Crippen molar-refractivity contribution in [1.82, 2.24) is 14.2 Å². The van der Waals surface area contributed by atoms with E-state index in [2.05, 4.69) is 5.32 Å². The Bertz CT molecular complexity index is 1060. The quantitative estimate of drug-likeness (QED) is 0.718. The number of nitrogens with zero attached hydrogens (tertiary/aromatic N) is 2. The van der Waals surface area contributed by atoms with E-state index in [0.717, 1.165) is 6.42 Å². The van der Waals surface area contributed by atoms with Gasteiger partial charge in [0.25, 0.3) is 0 Å². The normalized spacial score (nSPS) is 17.5. The first-order valence-corrected chi connectivity index (χ1v) is 12.0. The van der Waals surface area contributed by atoms with Gasteiger partial charge in [-0.05, 0) is 58.1 Å². The molecule has 1 atom stereocenters. The van der Waals surface area contributed by atoms with Crippen LogP contribution in [-0.2, 0) is 14.8 Å². The third-order valence-corrected chi connectivity index (χ3v) is 7.70. The molecule has 3 rings (SSSR count). The molecule has 30 heavy (non-hydrogen) atoms. The number of fused-ring (bicyclic) bond motifs is 1. The van der Waals surface area contributed by atoms with Gasteiger partial charge in [0.1, 0.15) is 0 Å². The van der Waals surface area contributed by atoms with Gasteiger partial charge in [0, 0.05) is 37.7 Å². The van der Waals surface area contributed by atoms with Crippen LogP contribution in [0.15, 0.2) is 32.3 Å². The minimum atomic E-state index is -3.69. The maximum atomic E-state index is 13.1. The number of nitrogens with one attached hydrogen (secondary N) is 1. The Morgan fingerprint density at radius 3 is 2.50 bits per heavy atom. The first-order valence-electron chi connectivity index (χ1n) is 10.6. The predicted octanol–water partition coefficient (Wildman–Crippen LogP) is 2.88. The highest BCUT2D eigenvalue weighted by molar-refractivity contribution is 7.89. The lowest BCUT2D eigenvalue weighted by Crippen LogP contribution is -2.40. The molecule has 8 nitrogen and oxygen atoms in total. The molecule has 1 aliphatic heterocycles. The van der Waals surface area contributed by atoms with Gasteiger partial charge >= 0.3 is 5.76 Å².